The molecular weight excluding hydrogens is 172 g/mol. The first-order valence-electron chi connectivity index (χ1n) is 3.91. The summed E-state index contributed by atoms with van der Waals surface area (Å²) in [6.45, 7) is 3.46. The maximum atomic E-state index is 10.9. The molecule has 0 aromatic heterocycles. The van der Waals surface area contributed by atoms with E-state index in [9.17, 15) is 14.4 Å². The number of aliphatic carboxylic acids is 1. The van der Waals surface area contributed by atoms with E-state index in [0.717, 1.165) is 0 Å². The van der Waals surface area contributed by atoms with E-state index in [1.807, 2.05) is 0 Å². The largest absolute Gasteiger partial charge is 0.475 e. The van der Waals surface area contributed by atoms with Crippen LogP contribution in [0, 0.1) is 5.92 Å². The molecular formula is C9H12O4. The lowest BCUT2D eigenvalue weighted by Crippen LogP contribution is -2.11. The minimum Gasteiger partial charge on any atom is -0.475 e. The third-order valence-electron chi connectivity index (χ3n) is 1.39. The molecule has 0 aromatic carbocycles. The molecule has 0 atom stereocenters. The fourth-order valence-electron chi connectivity index (χ4n) is 0.562. The Morgan fingerprint density at radius 2 is 1.85 bits per heavy atom. The summed E-state index contributed by atoms with van der Waals surface area (Å²) in [6, 6.07) is 0. The Hall–Kier alpha value is -1.45. The second kappa shape index (κ2) is 5.24. The van der Waals surface area contributed by atoms with Gasteiger partial charge in [0.2, 0.25) is 5.78 Å². The zero-order valence-electron chi connectivity index (χ0n) is 7.61. The van der Waals surface area contributed by atoms with Gasteiger partial charge in [-0.05, 0) is 6.08 Å². The highest BCUT2D eigenvalue weighted by atomic mass is 16.4. The van der Waals surface area contributed by atoms with Crippen molar-refractivity contribution < 1.29 is 19.5 Å². The number of carboxylic acid groups (broad SMARTS) is 1. The van der Waals surface area contributed by atoms with Crippen molar-refractivity contribution in [2.45, 2.75) is 20.3 Å². The van der Waals surface area contributed by atoms with E-state index < -0.39 is 11.8 Å². The number of carboxylic acids is 1. The topological polar surface area (TPSA) is 71.4 Å². The Labute approximate surface area is 76.2 Å². The molecule has 0 radical (unpaired) electrons. The number of carbonyl (C=O) groups is 3. The lowest BCUT2D eigenvalue weighted by atomic mass is 10.1. The van der Waals surface area contributed by atoms with E-state index in [4.69, 9.17) is 5.11 Å². The fourth-order valence-corrected chi connectivity index (χ4v) is 0.562. The van der Waals surface area contributed by atoms with Crippen molar-refractivity contribution in [1.82, 2.24) is 0 Å². The van der Waals surface area contributed by atoms with Crippen LogP contribution in [0.4, 0.5) is 0 Å². The second-order valence-electron chi connectivity index (χ2n) is 2.89. The van der Waals surface area contributed by atoms with Gasteiger partial charge in [0.1, 0.15) is 0 Å². The van der Waals surface area contributed by atoms with E-state index in [2.05, 4.69) is 0 Å². The average Bonchev–Trinajstić information content (AvgIpc) is 2.03. The smallest absolute Gasteiger partial charge is 0.372 e. The molecule has 13 heavy (non-hydrogen) atoms. The molecule has 0 bridgehead atoms. The second-order valence-corrected chi connectivity index (χ2v) is 2.89. The van der Waals surface area contributed by atoms with Gasteiger partial charge in [-0.1, -0.05) is 19.9 Å². The summed E-state index contributed by atoms with van der Waals surface area (Å²) in [5.74, 6) is -2.62. The molecule has 0 rings (SSSR count). The van der Waals surface area contributed by atoms with Gasteiger partial charge in [0.15, 0.2) is 5.78 Å². The maximum absolute atomic E-state index is 10.9. The Morgan fingerprint density at radius 3 is 2.23 bits per heavy atom. The standard InChI is InChI=1S/C9H12O4/c1-6(2)7(10)4-3-5-8(11)9(12)13/h3-4,6H,5H2,1-2H3,(H,12,13). The Balaban J connectivity index is 3.96. The molecule has 0 aliphatic carbocycles. The minimum atomic E-state index is -1.47. The monoisotopic (exact) mass is 184 g/mol. The summed E-state index contributed by atoms with van der Waals surface area (Å²) >= 11 is 0. The van der Waals surface area contributed by atoms with Crippen LogP contribution in [0.15, 0.2) is 12.2 Å². The molecule has 0 aliphatic heterocycles. The zero-order chi connectivity index (χ0) is 10.4. The van der Waals surface area contributed by atoms with Crippen LogP contribution >= 0.6 is 0 Å². The van der Waals surface area contributed by atoms with Crippen LogP contribution in [0.25, 0.3) is 0 Å². The number of hydrogen-bond acceptors (Lipinski definition) is 3. The third kappa shape index (κ3) is 4.90. The van der Waals surface area contributed by atoms with Gasteiger partial charge in [-0.3, -0.25) is 9.59 Å². The summed E-state index contributed by atoms with van der Waals surface area (Å²) in [7, 11) is 0. The summed E-state index contributed by atoms with van der Waals surface area (Å²) in [5, 5.41) is 8.19. The molecule has 0 fully saturated rings. The van der Waals surface area contributed by atoms with Crippen LogP contribution in [0.2, 0.25) is 0 Å². The van der Waals surface area contributed by atoms with Crippen LogP contribution < -0.4 is 0 Å². The highest BCUT2D eigenvalue weighted by Gasteiger charge is 2.08. The van der Waals surface area contributed by atoms with Gasteiger partial charge in [-0.25, -0.2) is 4.79 Å². The SMILES string of the molecule is CC(C)C(=O)C=CCC(=O)C(=O)O. The van der Waals surface area contributed by atoms with Crippen molar-refractivity contribution >= 4 is 17.5 Å². The first-order valence-corrected chi connectivity index (χ1v) is 3.91. The predicted octanol–water partition coefficient (Wildman–Crippen LogP) is 0.811. The lowest BCUT2D eigenvalue weighted by Gasteiger charge is -1.95. The Morgan fingerprint density at radius 1 is 1.31 bits per heavy atom. The van der Waals surface area contributed by atoms with E-state index >= 15 is 0 Å². The Kier molecular flexibility index (Phi) is 4.66. The van der Waals surface area contributed by atoms with Gasteiger partial charge in [-0.15, -0.1) is 0 Å². The van der Waals surface area contributed by atoms with Crippen molar-refractivity contribution in [3.05, 3.63) is 12.2 Å². The molecule has 0 aliphatic rings. The number of Topliss-reactive ketones (excluding diaryl/α,β-unsaturated/α-hetero) is 1. The number of allylic oxidation sites excluding steroid dienone is 2. The van der Waals surface area contributed by atoms with Crippen LogP contribution in [0.1, 0.15) is 20.3 Å². The molecule has 0 amide bonds. The van der Waals surface area contributed by atoms with Crippen LogP contribution in [0.3, 0.4) is 0 Å². The molecule has 0 saturated carbocycles. The van der Waals surface area contributed by atoms with Gasteiger partial charge < -0.3 is 5.11 Å². The van der Waals surface area contributed by atoms with Crippen molar-refractivity contribution in [3.63, 3.8) is 0 Å². The maximum Gasteiger partial charge on any atom is 0.372 e. The van der Waals surface area contributed by atoms with Crippen LogP contribution in [0.5, 0.6) is 0 Å². The number of carbonyl (C=O) groups excluding carboxylic acids is 2. The highest BCUT2D eigenvalue weighted by molar-refractivity contribution is 6.33. The molecule has 72 valence electrons. The molecule has 0 unspecified atom stereocenters. The summed E-state index contributed by atoms with van der Waals surface area (Å²) in [4.78, 5) is 31.5. The van der Waals surface area contributed by atoms with Gasteiger partial charge in [-0.2, -0.15) is 0 Å². The molecule has 0 spiro atoms. The van der Waals surface area contributed by atoms with Crippen molar-refractivity contribution in [3.8, 4) is 0 Å². The van der Waals surface area contributed by atoms with E-state index in [0.29, 0.717) is 0 Å². The summed E-state index contributed by atoms with van der Waals surface area (Å²) in [6.07, 6.45) is 2.29. The van der Waals surface area contributed by atoms with Gasteiger partial charge >= 0.3 is 5.97 Å². The highest BCUT2D eigenvalue weighted by Crippen LogP contribution is 1.96. The van der Waals surface area contributed by atoms with Crippen LogP contribution in [-0.4, -0.2) is 22.6 Å². The Bertz CT molecular complexity index is 250. The number of rotatable bonds is 5. The lowest BCUT2D eigenvalue weighted by molar-refractivity contribution is -0.148. The van der Waals surface area contributed by atoms with E-state index in [-0.39, 0.29) is 18.1 Å². The third-order valence-corrected chi connectivity index (χ3v) is 1.39. The van der Waals surface area contributed by atoms with Gasteiger partial charge in [0.25, 0.3) is 0 Å². The number of hydrogen-bond donors (Lipinski definition) is 1. The molecule has 1 N–H and O–H groups in total. The quantitative estimate of drug-likeness (QED) is 0.507. The van der Waals surface area contributed by atoms with Crippen molar-refractivity contribution in [2.75, 3.05) is 0 Å². The first kappa shape index (κ1) is 11.6. The van der Waals surface area contributed by atoms with Crippen molar-refractivity contribution in [1.29, 1.82) is 0 Å². The summed E-state index contributed by atoms with van der Waals surface area (Å²) < 4.78 is 0. The predicted molar refractivity (Wildman–Crippen MR) is 46.2 cm³/mol. The first-order chi connectivity index (χ1) is 5.95. The zero-order valence-corrected chi connectivity index (χ0v) is 7.61. The number of ketones is 2. The summed E-state index contributed by atoms with van der Waals surface area (Å²) in [5.41, 5.74) is 0. The molecule has 4 heteroatoms. The van der Waals surface area contributed by atoms with Crippen LogP contribution in [-0.2, 0) is 14.4 Å². The van der Waals surface area contributed by atoms with Crippen molar-refractivity contribution in [2.24, 2.45) is 5.92 Å². The minimum absolute atomic E-state index is 0.113. The van der Waals surface area contributed by atoms with Gasteiger partial charge in [0.05, 0.1) is 0 Å². The fraction of sp³-hybridized carbons (Fsp3) is 0.444. The van der Waals surface area contributed by atoms with E-state index in [1.54, 1.807) is 13.8 Å². The molecule has 4 nitrogen and oxygen atoms in total. The van der Waals surface area contributed by atoms with Gasteiger partial charge in [0, 0.05) is 12.3 Å². The molecule has 0 heterocycles. The van der Waals surface area contributed by atoms with E-state index in [1.165, 1.54) is 12.2 Å². The normalized spacial score (nSPS) is 10.7. The average molecular weight is 184 g/mol. The molecule has 0 saturated heterocycles. The molecule has 0 aromatic rings.